The average molecular weight is 271 g/mol. The van der Waals surface area contributed by atoms with Crippen LogP contribution in [0.2, 0.25) is 0 Å². The molecule has 0 saturated heterocycles. The van der Waals surface area contributed by atoms with Crippen molar-refractivity contribution in [3.05, 3.63) is 53.3 Å². The van der Waals surface area contributed by atoms with Crippen molar-refractivity contribution in [2.24, 2.45) is 0 Å². The van der Waals surface area contributed by atoms with E-state index in [9.17, 15) is 4.79 Å². The molecule has 5 heteroatoms. The van der Waals surface area contributed by atoms with E-state index in [0.29, 0.717) is 23.5 Å². The standard InChI is InChI=1S/C15H17N3O2/c1-10-5-3-6-11(18-10)9-17-15(19)14-12(16)7-4-8-13(14)20-2/h3-8H,9,16H2,1-2H3,(H,17,19). The predicted molar refractivity (Wildman–Crippen MR) is 77.6 cm³/mol. The van der Waals surface area contributed by atoms with Crippen molar-refractivity contribution in [1.29, 1.82) is 0 Å². The van der Waals surface area contributed by atoms with Gasteiger partial charge in [-0.15, -0.1) is 0 Å². The SMILES string of the molecule is COc1cccc(N)c1C(=O)NCc1cccc(C)n1. The number of ether oxygens (including phenoxy) is 1. The van der Waals surface area contributed by atoms with Crippen LogP contribution in [-0.2, 0) is 6.54 Å². The van der Waals surface area contributed by atoms with Crippen molar-refractivity contribution in [1.82, 2.24) is 10.3 Å². The number of nitrogens with one attached hydrogen (secondary N) is 1. The maximum Gasteiger partial charge on any atom is 0.257 e. The summed E-state index contributed by atoms with van der Waals surface area (Å²) in [4.78, 5) is 16.5. The summed E-state index contributed by atoms with van der Waals surface area (Å²) in [5, 5.41) is 2.80. The van der Waals surface area contributed by atoms with Gasteiger partial charge < -0.3 is 15.8 Å². The molecular formula is C15H17N3O2. The third kappa shape index (κ3) is 3.06. The smallest absolute Gasteiger partial charge is 0.257 e. The summed E-state index contributed by atoms with van der Waals surface area (Å²) in [5.41, 5.74) is 8.28. The number of rotatable bonds is 4. The van der Waals surface area contributed by atoms with Gasteiger partial charge in [-0.25, -0.2) is 0 Å². The first-order valence-electron chi connectivity index (χ1n) is 6.25. The Morgan fingerprint density at radius 3 is 2.75 bits per heavy atom. The third-order valence-corrected chi connectivity index (χ3v) is 2.88. The van der Waals surface area contributed by atoms with Crippen LogP contribution in [0.1, 0.15) is 21.7 Å². The minimum Gasteiger partial charge on any atom is -0.496 e. The second kappa shape index (κ2) is 6.06. The van der Waals surface area contributed by atoms with Crippen LogP contribution in [-0.4, -0.2) is 18.0 Å². The summed E-state index contributed by atoms with van der Waals surface area (Å²) >= 11 is 0. The molecule has 1 aromatic carbocycles. The van der Waals surface area contributed by atoms with Gasteiger partial charge in [-0.1, -0.05) is 12.1 Å². The van der Waals surface area contributed by atoms with Gasteiger partial charge in [-0.2, -0.15) is 0 Å². The summed E-state index contributed by atoms with van der Waals surface area (Å²) in [6, 6.07) is 10.8. The molecule has 0 saturated carbocycles. The summed E-state index contributed by atoms with van der Waals surface area (Å²) in [6.07, 6.45) is 0. The first-order chi connectivity index (χ1) is 9.61. The lowest BCUT2D eigenvalue weighted by atomic mass is 10.1. The number of anilines is 1. The number of benzene rings is 1. The molecule has 0 aliphatic rings. The molecule has 0 unspecified atom stereocenters. The van der Waals surface area contributed by atoms with Crippen molar-refractivity contribution in [3.63, 3.8) is 0 Å². The third-order valence-electron chi connectivity index (χ3n) is 2.88. The van der Waals surface area contributed by atoms with Gasteiger partial charge in [0.1, 0.15) is 11.3 Å². The molecule has 0 aliphatic carbocycles. The van der Waals surface area contributed by atoms with Gasteiger partial charge in [0.2, 0.25) is 0 Å². The average Bonchev–Trinajstić information content (AvgIpc) is 2.44. The Balaban J connectivity index is 2.13. The number of nitrogens with two attached hydrogens (primary N) is 1. The van der Waals surface area contributed by atoms with Crippen molar-refractivity contribution in [3.8, 4) is 5.75 Å². The zero-order chi connectivity index (χ0) is 14.5. The molecule has 1 amide bonds. The molecule has 0 radical (unpaired) electrons. The molecule has 104 valence electrons. The number of aromatic nitrogens is 1. The van der Waals surface area contributed by atoms with Crippen molar-refractivity contribution in [2.45, 2.75) is 13.5 Å². The van der Waals surface area contributed by atoms with E-state index in [1.54, 1.807) is 18.2 Å². The molecule has 1 aromatic heterocycles. The van der Waals surface area contributed by atoms with Crippen LogP contribution in [0.3, 0.4) is 0 Å². The van der Waals surface area contributed by atoms with Crippen LogP contribution in [0, 0.1) is 6.92 Å². The fourth-order valence-electron chi connectivity index (χ4n) is 1.92. The topological polar surface area (TPSA) is 77.2 Å². The predicted octanol–water partition coefficient (Wildman–Crippen LogP) is 1.91. The molecule has 2 rings (SSSR count). The number of methoxy groups -OCH3 is 1. The van der Waals surface area contributed by atoms with E-state index < -0.39 is 0 Å². The van der Waals surface area contributed by atoms with Gasteiger partial charge in [-0.3, -0.25) is 9.78 Å². The minimum atomic E-state index is -0.275. The lowest BCUT2D eigenvalue weighted by Gasteiger charge is -2.11. The zero-order valence-electron chi connectivity index (χ0n) is 11.5. The Kier molecular flexibility index (Phi) is 4.20. The first kappa shape index (κ1) is 13.9. The van der Waals surface area contributed by atoms with Crippen LogP contribution in [0.15, 0.2) is 36.4 Å². The van der Waals surface area contributed by atoms with E-state index in [0.717, 1.165) is 11.4 Å². The number of nitrogens with zero attached hydrogens (tertiary/aromatic N) is 1. The summed E-state index contributed by atoms with van der Waals surface area (Å²) in [5.74, 6) is 0.183. The fourth-order valence-corrected chi connectivity index (χ4v) is 1.92. The Morgan fingerprint density at radius 1 is 1.30 bits per heavy atom. The first-order valence-corrected chi connectivity index (χ1v) is 6.25. The molecule has 0 spiro atoms. The summed E-state index contributed by atoms with van der Waals surface area (Å²) < 4.78 is 5.16. The maximum atomic E-state index is 12.2. The molecule has 0 aliphatic heterocycles. The van der Waals surface area contributed by atoms with Gasteiger partial charge in [0.25, 0.3) is 5.91 Å². The fraction of sp³-hybridized carbons (Fsp3) is 0.200. The van der Waals surface area contributed by atoms with Crippen molar-refractivity contribution >= 4 is 11.6 Å². The van der Waals surface area contributed by atoms with Crippen molar-refractivity contribution < 1.29 is 9.53 Å². The van der Waals surface area contributed by atoms with Gasteiger partial charge in [-0.05, 0) is 31.2 Å². The molecule has 0 atom stereocenters. The molecule has 2 aromatic rings. The number of amides is 1. The number of carbonyl (C=O) groups is 1. The number of carbonyl (C=O) groups excluding carboxylic acids is 1. The van der Waals surface area contributed by atoms with E-state index in [-0.39, 0.29) is 5.91 Å². The monoisotopic (exact) mass is 271 g/mol. The van der Waals surface area contributed by atoms with Crippen LogP contribution in [0.5, 0.6) is 5.75 Å². The quantitative estimate of drug-likeness (QED) is 0.833. The number of aryl methyl sites for hydroxylation is 1. The second-order valence-corrected chi connectivity index (χ2v) is 4.38. The highest BCUT2D eigenvalue weighted by atomic mass is 16.5. The number of hydrogen-bond donors (Lipinski definition) is 2. The number of nitrogen functional groups attached to an aromatic ring is 1. The van der Waals surface area contributed by atoms with Gasteiger partial charge in [0.15, 0.2) is 0 Å². The summed E-state index contributed by atoms with van der Waals surface area (Å²) in [6.45, 7) is 2.25. The highest BCUT2D eigenvalue weighted by Crippen LogP contribution is 2.23. The molecule has 0 fully saturated rings. The van der Waals surface area contributed by atoms with Crippen LogP contribution >= 0.6 is 0 Å². The van der Waals surface area contributed by atoms with Gasteiger partial charge >= 0.3 is 0 Å². The number of hydrogen-bond acceptors (Lipinski definition) is 4. The largest absolute Gasteiger partial charge is 0.496 e. The second-order valence-electron chi connectivity index (χ2n) is 4.38. The minimum absolute atomic E-state index is 0.275. The van der Waals surface area contributed by atoms with Crippen LogP contribution < -0.4 is 15.8 Å². The maximum absolute atomic E-state index is 12.2. The van der Waals surface area contributed by atoms with E-state index in [4.69, 9.17) is 10.5 Å². The lowest BCUT2D eigenvalue weighted by molar-refractivity contribution is 0.0948. The highest BCUT2D eigenvalue weighted by molar-refractivity contribution is 6.01. The molecule has 0 bridgehead atoms. The highest BCUT2D eigenvalue weighted by Gasteiger charge is 2.15. The van der Waals surface area contributed by atoms with E-state index in [1.165, 1.54) is 7.11 Å². The van der Waals surface area contributed by atoms with E-state index in [2.05, 4.69) is 10.3 Å². The zero-order valence-corrected chi connectivity index (χ0v) is 11.5. The molecule has 3 N–H and O–H groups in total. The van der Waals surface area contributed by atoms with E-state index in [1.807, 2.05) is 25.1 Å². The Labute approximate surface area is 117 Å². The molecular weight excluding hydrogens is 254 g/mol. The van der Waals surface area contributed by atoms with Gasteiger partial charge in [0.05, 0.1) is 19.3 Å². The Morgan fingerprint density at radius 2 is 2.05 bits per heavy atom. The summed E-state index contributed by atoms with van der Waals surface area (Å²) in [7, 11) is 1.51. The van der Waals surface area contributed by atoms with Crippen LogP contribution in [0.25, 0.3) is 0 Å². The number of pyridine rings is 1. The van der Waals surface area contributed by atoms with Gasteiger partial charge in [0, 0.05) is 11.4 Å². The Bertz CT molecular complexity index is 626. The molecule has 5 nitrogen and oxygen atoms in total. The van der Waals surface area contributed by atoms with Crippen molar-refractivity contribution in [2.75, 3.05) is 12.8 Å². The molecule has 20 heavy (non-hydrogen) atoms. The van der Waals surface area contributed by atoms with E-state index >= 15 is 0 Å². The lowest BCUT2D eigenvalue weighted by Crippen LogP contribution is -2.25. The normalized spacial score (nSPS) is 10.1. The Hall–Kier alpha value is -2.56. The van der Waals surface area contributed by atoms with Crippen LogP contribution in [0.4, 0.5) is 5.69 Å². The molecule has 1 heterocycles.